The summed E-state index contributed by atoms with van der Waals surface area (Å²) in [5.74, 6) is -0.0677. The number of amides is 1. The topological polar surface area (TPSA) is 32.3 Å². The molecule has 1 heterocycles. The van der Waals surface area contributed by atoms with E-state index in [0.717, 1.165) is 21.6 Å². The summed E-state index contributed by atoms with van der Waals surface area (Å²) < 4.78 is 0.958. The summed E-state index contributed by atoms with van der Waals surface area (Å²) in [5, 5.41) is 2.97. The molecule has 0 spiro atoms. The molecule has 2 aromatic rings. The van der Waals surface area contributed by atoms with Crippen molar-refractivity contribution in [3.05, 3.63) is 50.6 Å². The Hall–Kier alpha value is -1.17. The lowest BCUT2D eigenvalue weighted by atomic mass is 10.1. The number of halogens is 1. The van der Waals surface area contributed by atoms with Crippen molar-refractivity contribution in [3.8, 4) is 0 Å². The molecule has 0 aliphatic rings. The summed E-state index contributed by atoms with van der Waals surface area (Å²) in [6.45, 7) is 0.796. The van der Waals surface area contributed by atoms with Gasteiger partial charge in [0.2, 0.25) is 0 Å². The fourth-order valence-electron chi connectivity index (χ4n) is 1.74. The van der Waals surface area contributed by atoms with Crippen molar-refractivity contribution in [2.45, 2.75) is 6.54 Å². The van der Waals surface area contributed by atoms with Crippen molar-refractivity contribution in [1.82, 2.24) is 4.90 Å². The molecule has 1 amide bonds. The third kappa shape index (κ3) is 3.89. The zero-order chi connectivity index (χ0) is 13.8. The molecular weight excluding hydrogens is 324 g/mol. The van der Waals surface area contributed by atoms with Gasteiger partial charge in [0, 0.05) is 12.2 Å². The van der Waals surface area contributed by atoms with E-state index < -0.39 is 0 Å². The van der Waals surface area contributed by atoms with Crippen LogP contribution in [0.1, 0.15) is 15.2 Å². The van der Waals surface area contributed by atoms with Gasteiger partial charge in [-0.15, -0.1) is 11.3 Å². The SMILES string of the molecule is CN(C)Cc1ccccc1NC(=O)c1ccc(Br)s1. The first kappa shape index (κ1) is 14.2. The summed E-state index contributed by atoms with van der Waals surface area (Å²) in [5.41, 5.74) is 1.97. The number of nitrogens with one attached hydrogen (secondary N) is 1. The number of benzene rings is 1. The van der Waals surface area contributed by atoms with Crippen LogP contribution < -0.4 is 5.32 Å². The molecule has 100 valence electrons. The molecule has 0 radical (unpaired) electrons. The lowest BCUT2D eigenvalue weighted by Crippen LogP contribution is -2.15. The standard InChI is InChI=1S/C14H15BrN2OS/c1-17(2)9-10-5-3-4-6-11(10)16-14(18)12-7-8-13(15)19-12/h3-8H,9H2,1-2H3,(H,16,18). The van der Waals surface area contributed by atoms with Crippen LogP contribution in [-0.4, -0.2) is 24.9 Å². The van der Waals surface area contributed by atoms with Gasteiger partial charge in [0.05, 0.1) is 8.66 Å². The second kappa shape index (κ2) is 6.32. The molecule has 3 nitrogen and oxygen atoms in total. The van der Waals surface area contributed by atoms with Crippen molar-refractivity contribution in [2.24, 2.45) is 0 Å². The Labute approximate surface area is 125 Å². The highest BCUT2D eigenvalue weighted by Crippen LogP contribution is 2.24. The van der Waals surface area contributed by atoms with E-state index in [-0.39, 0.29) is 5.91 Å². The van der Waals surface area contributed by atoms with Crippen LogP contribution in [0.2, 0.25) is 0 Å². The highest BCUT2D eigenvalue weighted by atomic mass is 79.9. The Morgan fingerprint density at radius 3 is 2.63 bits per heavy atom. The first-order valence-electron chi connectivity index (χ1n) is 5.85. The van der Waals surface area contributed by atoms with Gasteiger partial charge in [0.15, 0.2) is 0 Å². The average molecular weight is 339 g/mol. The predicted molar refractivity (Wildman–Crippen MR) is 83.8 cm³/mol. The van der Waals surface area contributed by atoms with E-state index in [4.69, 9.17) is 0 Å². The molecule has 0 saturated heterocycles. The Kier molecular flexibility index (Phi) is 4.74. The van der Waals surface area contributed by atoms with Crippen molar-refractivity contribution in [2.75, 3.05) is 19.4 Å². The van der Waals surface area contributed by atoms with E-state index in [2.05, 4.69) is 26.1 Å². The lowest BCUT2D eigenvalue weighted by Gasteiger charge is -2.14. The zero-order valence-corrected chi connectivity index (χ0v) is 13.2. The largest absolute Gasteiger partial charge is 0.321 e. The number of para-hydroxylation sites is 1. The van der Waals surface area contributed by atoms with E-state index >= 15 is 0 Å². The number of anilines is 1. The monoisotopic (exact) mass is 338 g/mol. The van der Waals surface area contributed by atoms with Crippen LogP contribution in [0.3, 0.4) is 0 Å². The van der Waals surface area contributed by atoms with Gasteiger partial charge in [-0.1, -0.05) is 18.2 Å². The quantitative estimate of drug-likeness (QED) is 0.918. The smallest absolute Gasteiger partial charge is 0.265 e. The maximum atomic E-state index is 12.1. The number of nitrogens with zero attached hydrogens (tertiary/aromatic N) is 1. The number of rotatable bonds is 4. The number of thiophene rings is 1. The number of hydrogen-bond acceptors (Lipinski definition) is 3. The summed E-state index contributed by atoms with van der Waals surface area (Å²) in [6.07, 6.45) is 0. The Morgan fingerprint density at radius 2 is 2.00 bits per heavy atom. The maximum absolute atomic E-state index is 12.1. The van der Waals surface area contributed by atoms with Crippen LogP contribution in [0.5, 0.6) is 0 Å². The molecular formula is C14H15BrN2OS. The van der Waals surface area contributed by atoms with Crippen LogP contribution in [0.15, 0.2) is 40.2 Å². The second-order valence-corrected chi connectivity index (χ2v) is 6.92. The maximum Gasteiger partial charge on any atom is 0.265 e. The number of carbonyl (C=O) groups is 1. The van der Waals surface area contributed by atoms with E-state index in [1.165, 1.54) is 11.3 Å². The van der Waals surface area contributed by atoms with Crippen LogP contribution in [0.4, 0.5) is 5.69 Å². The predicted octanol–water partition coefficient (Wildman–Crippen LogP) is 3.82. The third-order valence-electron chi connectivity index (χ3n) is 2.55. The van der Waals surface area contributed by atoms with Crippen LogP contribution in [-0.2, 0) is 6.54 Å². The van der Waals surface area contributed by atoms with Crippen LogP contribution in [0.25, 0.3) is 0 Å². The first-order chi connectivity index (χ1) is 9.06. The summed E-state index contributed by atoms with van der Waals surface area (Å²) in [4.78, 5) is 14.9. The minimum Gasteiger partial charge on any atom is -0.321 e. The first-order valence-corrected chi connectivity index (χ1v) is 7.46. The van der Waals surface area contributed by atoms with Crippen molar-refractivity contribution in [1.29, 1.82) is 0 Å². The third-order valence-corrected chi connectivity index (χ3v) is 4.17. The highest BCUT2D eigenvalue weighted by molar-refractivity contribution is 9.11. The molecule has 1 aromatic heterocycles. The summed E-state index contributed by atoms with van der Waals surface area (Å²) >= 11 is 4.79. The molecule has 2 rings (SSSR count). The molecule has 19 heavy (non-hydrogen) atoms. The van der Waals surface area contributed by atoms with Gasteiger partial charge in [0.1, 0.15) is 0 Å². The Bertz CT molecular complexity index is 580. The highest BCUT2D eigenvalue weighted by Gasteiger charge is 2.11. The minimum atomic E-state index is -0.0677. The number of carbonyl (C=O) groups excluding carboxylic acids is 1. The van der Waals surface area contributed by atoms with Crippen LogP contribution in [0, 0.1) is 0 Å². The van der Waals surface area contributed by atoms with Gasteiger partial charge >= 0.3 is 0 Å². The van der Waals surface area contributed by atoms with Gasteiger partial charge in [0.25, 0.3) is 5.91 Å². The molecule has 0 saturated carbocycles. The normalized spacial score (nSPS) is 10.7. The van der Waals surface area contributed by atoms with Gasteiger partial charge in [-0.05, 0) is 53.8 Å². The van der Waals surface area contributed by atoms with Crippen LogP contribution >= 0.6 is 27.3 Å². The average Bonchev–Trinajstić information content (AvgIpc) is 2.78. The number of hydrogen-bond donors (Lipinski definition) is 1. The van der Waals surface area contributed by atoms with Gasteiger partial charge in [-0.2, -0.15) is 0 Å². The fraction of sp³-hybridized carbons (Fsp3) is 0.214. The molecule has 1 aromatic carbocycles. The van der Waals surface area contributed by atoms with Crippen molar-refractivity contribution in [3.63, 3.8) is 0 Å². The van der Waals surface area contributed by atoms with E-state index in [0.29, 0.717) is 4.88 Å². The second-order valence-electron chi connectivity index (χ2n) is 4.45. The summed E-state index contributed by atoms with van der Waals surface area (Å²) in [7, 11) is 4.02. The molecule has 1 N–H and O–H groups in total. The minimum absolute atomic E-state index is 0.0677. The van der Waals surface area contributed by atoms with Crippen molar-refractivity contribution >= 4 is 38.9 Å². The molecule has 5 heteroatoms. The Balaban J connectivity index is 2.16. The molecule has 0 unspecified atom stereocenters. The lowest BCUT2D eigenvalue weighted by molar-refractivity contribution is 0.103. The van der Waals surface area contributed by atoms with E-state index in [1.807, 2.05) is 50.5 Å². The molecule has 0 aliphatic carbocycles. The van der Waals surface area contributed by atoms with Gasteiger partial charge in [-0.3, -0.25) is 4.79 Å². The molecule has 0 atom stereocenters. The summed E-state index contributed by atoms with van der Waals surface area (Å²) in [6, 6.07) is 11.6. The van der Waals surface area contributed by atoms with Gasteiger partial charge in [-0.25, -0.2) is 0 Å². The van der Waals surface area contributed by atoms with E-state index in [9.17, 15) is 4.79 Å². The van der Waals surface area contributed by atoms with Crippen molar-refractivity contribution < 1.29 is 4.79 Å². The molecule has 0 aliphatic heterocycles. The van der Waals surface area contributed by atoms with E-state index in [1.54, 1.807) is 0 Å². The fourth-order valence-corrected chi connectivity index (χ4v) is 3.02. The molecule has 0 bridgehead atoms. The molecule has 0 fully saturated rings. The zero-order valence-electron chi connectivity index (χ0n) is 10.8. The Morgan fingerprint density at radius 1 is 1.26 bits per heavy atom. The van der Waals surface area contributed by atoms with Gasteiger partial charge < -0.3 is 10.2 Å².